The summed E-state index contributed by atoms with van der Waals surface area (Å²) >= 11 is 0. The van der Waals surface area contributed by atoms with Gasteiger partial charge in [-0.05, 0) is 55.4 Å². The molecule has 1 fully saturated rings. The molecule has 2 atom stereocenters. The molecule has 0 bridgehead atoms. The van der Waals surface area contributed by atoms with Crippen molar-refractivity contribution in [2.45, 2.75) is 44.2 Å². The predicted molar refractivity (Wildman–Crippen MR) is 89.2 cm³/mol. The number of amides is 1. The summed E-state index contributed by atoms with van der Waals surface area (Å²) in [6.07, 6.45) is 9.81. The topological polar surface area (TPSA) is 72.7 Å². The molecule has 0 aliphatic heterocycles. The smallest absolute Gasteiger partial charge is 0.251 e. The maximum Gasteiger partial charge on any atom is 0.251 e. The van der Waals surface area contributed by atoms with E-state index in [2.05, 4.69) is 32.9 Å². The first-order chi connectivity index (χ1) is 11.8. The number of nitrogens with one attached hydrogen (secondary N) is 1. The van der Waals surface area contributed by atoms with E-state index in [4.69, 9.17) is 0 Å². The number of carbonyl (C=O) groups excluding carboxylic acids is 1. The molecule has 2 aliphatic rings. The molecule has 0 spiro atoms. The van der Waals surface area contributed by atoms with E-state index in [1.807, 2.05) is 30.3 Å². The Bertz CT molecular complexity index is 735. The van der Waals surface area contributed by atoms with Crippen molar-refractivity contribution in [2.24, 2.45) is 5.92 Å². The van der Waals surface area contributed by atoms with Crippen molar-refractivity contribution >= 4 is 5.91 Å². The Morgan fingerprint density at radius 1 is 1.21 bits per heavy atom. The first-order valence-corrected chi connectivity index (χ1v) is 8.63. The summed E-state index contributed by atoms with van der Waals surface area (Å²) in [4.78, 5) is 14.2. The van der Waals surface area contributed by atoms with E-state index in [-0.39, 0.29) is 18.0 Å². The SMILES string of the molecule is O=C(N[C@H](c1nnn([C@H]2C=CCCC2)n1)C1CC1)c1ccccc1. The quantitative estimate of drug-likeness (QED) is 0.859. The zero-order valence-corrected chi connectivity index (χ0v) is 13.5. The highest BCUT2D eigenvalue weighted by Gasteiger charge is 2.36. The Hall–Kier alpha value is -2.50. The molecule has 6 heteroatoms. The summed E-state index contributed by atoms with van der Waals surface area (Å²) < 4.78 is 0. The normalized spacial score (nSPS) is 21.4. The van der Waals surface area contributed by atoms with Crippen molar-refractivity contribution in [1.82, 2.24) is 25.5 Å². The zero-order valence-electron chi connectivity index (χ0n) is 13.5. The fraction of sp³-hybridized carbons (Fsp3) is 0.444. The molecule has 1 heterocycles. The van der Waals surface area contributed by atoms with Crippen LogP contribution in [0.25, 0.3) is 0 Å². The largest absolute Gasteiger partial charge is 0.342 e. The third-order valence-electron chi connectivity index (χ3n) is 4.66. The second-order valence-electron chi connectivity index (χ2n) is 6.55. The van der Waals surface area contributed by atoms with Gasteiger partial charge in [-0.25, -0.2) is 0 Å². The standard InChI is InChI=1S/C18H21N5O/c24-18(14-7-3-1-4-8-14)19-16(13-11-12-13)17-20-22-23(21-17)15-9-5-2-6-10-15/h1,3-5,7-9,13,15-16H,2,6,10-12H2,(H,19,24)/t15-,16-/m0/s1. The Kier molecular flexibility index (Phi) is 4.11. The summed E-state index contributed by atoms with van der Waals surface area (Å²) in [5, 5.41) is 16.1. The van der Waals surface area contributed by atoms with Crippen LogP contribution in [0, 0.1) is 5.92 Å². The Morgan fingerprint density at radius 3 is 2.75 bits per heavy atom. The monoisotopic (exact) mass is 323 g/mol. The average molecular weight is 323 g/mol. The van der Waals surface area contributed by atoms with Crippen LogP contribution >= 0.6 is 0 Å². The van der Waals surface area contributed by atoms with E-state index < -0.39 is 0 Å². The molecule has 1 aromatic carbocycles. The fourth-order valence-corrected chi connectivity index (χ4v) is 3.13. The lowest BCUT2D eigenvalue weighted by molar-refractivity contribution is 0.0929. The van der Waals surface area contributed by atoms with Gasteiger partial charge < -0.3 is 5.32 Å². The summed E-state index contributed by atoms with van der Waals surface area (Å²) in [5.41, 5.74) is 0.658. The van der Waals surface area contributed by atoms with Crippen molar-refractivity contribution < 1.29 is 4.79 Å². The lowest BCUT2D eigenvalue weighted by Gasteiger charge is -2.16. The van der Waals surface area contributed by atoms with Gasteiger partial charge in [-0.3, -0.25) is 4.79 Å². The average Bonchev–Trinajstić information content (AvgIpc) is 3.37. The lowest BCUT2D eigenvalue weighted by Crippen LogP contribution is -2.30. The van der Waals surface area contributed by atoms with Gasteiger partial charge >= 0.3 is 0 Å². The Morgan fingerprint density at radius 2 is 2.04 bits per heavy atom. The molecular formula is C18H21N5O. The molecule has 2 aromatic rings. The van der Waals surface area contributed by atoms with Gasteiger partial charge in [0.1, 0.15) is 0 Å². The van der Waals surface area contributed by atoms with Crippen LogP contribution in [0.5, 0.6) is 0 Å². The van der Waals surface area contributed by atoms with Crippen molar-refractivity contribution in [3.8, 4) is 0 Å². The highest BCUT2D eigenvalue weighted by atomic mass is 16.1. The number of carbonyl (C=O) groups is 1. The van der Waals surface area contributed by atoms with E-state index in [9.17, 15) is 4.79 Å². The van der Waals surface area contributed by atoms with E-state index in [1.54, 1.807) is 4.80 Å². The summed E-state index contributed by atoms with van der Waals surface area (Å²) in [6.45, 7) is 0. The number of rotatable bonds is 5. The minimum absolute atomic E-state index is 0.0820. The number of tetrazole rings is 1. The van der Waals surface area contributed by atoms with Crippen LogP contribution in [0.15, 0.2) is 42.5 Å². The van der Waals surface area contributed by atoms with Crippen molar-refractivity contribution in [2.75, 3.05) is 0 Å². The molecule has 1 aromatic heterocycles. The molecule has 4 rings (SSSR count). The van der Waals surface area contributed by atoms with Crippen LogP contribution in [0.4, 0.5) is 0 Å². The van der Waals surface area contributed by atoms with E-state index >= 15 is 0 Å². The summed E-state index contributed by atoms with van der Waals surface area (Å²) in [5.74, 6) is 0.958. The number of aromatic nitrogens is 4. The predicted octanol–water partition coefficient (Wildman–Crippen LogP) is 2.84. The third-order valence-corrected chi connectivity index (χ3v) is 4.66. The van der Waals surface area contributed by atoms with Crippen LogP contribution < -0.4 is 5.32 Å². The van der Waals surface area contributed by atoms with E-state index in [0.29, 0.717) is 17.3 Å². The molecule has 0 saturated heterocycles. The second kappa shape index (κ2) is 6.55. The molecule has 24 heavy (non-hydrogen) atoms. The van der Waals surface area contributed by atoms with Crippen molar-refractivity contribution in [3.63, 3.8) is 0 Å². The highest BCUT2D eigenvalue weighted by Crippen LogP contribution is 2.40. The van der Waals surface area contributed by atoms with Gasteiger partial charge in [0, 0.05) is 5.56 Å². The maximum absolute atomic E-state index is 12.5. The van der Waals surface area contributed by atoms with Gasteiger partial charge in [0.05, 0.1) is 12.1 Å². The number of hydrogen-bond donors (Lipinski definition) is 1. The molecular weight excluding hydrogens is 302 g/mol. The minimum atomic E-state index is -0.154. The zero-order chi connectivity index (χ0) is 16.4. The van der Waals surface area contributed by atoms with Crippen LogP contribution in [0.2, 0.25) is 0 Å². The van der Waals surface area contributed by atoms with E-state index in [0.717, 1.165) is 32.1 Å². The van der Waals surface area contributed by atoms with Gasteiger partial charge in [-0.15, -0.1) is 10.2 Å². The molecule has 6 nitrogen and oxygen atoms in total. The first-order valence-electron chi connectivity index (χ1n) is 8.63. The Labute approximate surface area is 140 Å². The molecule has 0 radical (unpaired) electrons. The number of nitrogens with zero attached hydrogens (tertiary/aromatic N) is 4. The molecule has 0 unspecified atom stereocenters. The van der Waals surface area contributed by atoms with Gasteiger partial charge in [-0.1, -0.05) is 30.4 Å². The molecule has 1 N–H and O–H groups in total. The van der Waals surface area contributed by atoms with Crippen LogP contribution in [-0.4, -0.2) is 26.1 Å². The van der Waals surface area contributed by atoms with E-state index in [1.165, 1.54) is 0 Å². The number of allylic oxidation sites excluding steroid dienone is 2. The first kappa shape index (κ1) is 15.1. The van der Waals surface area contributed by atoms with Crippen molar-refractivity contribution in [3.05, 3.63) is 53.9 Å². The van der Waals surface area contributed by atoms with Gasteiger partial charge in [0.15, 0.2) is 5.82 Å². The molecule has 1 saturated carbocycles. The molecule has 1 amide bonds. The van der Waals surface area contributed by atoms with Crippen LogP contribution in [-0.2, 0) is 0 Å². The van der Waals surface area contributed by atoms with Gasteiger partial charge in [-0.2, -0.15) is 4.80 Å². The van der Waals surface area contributed by atoms with Gasteiger partial charge in [0.2, 0.25) is 0 Å². The lowest BCUT2D eigenvalue weighted by atomic mass is 10.0. The molecule has 2 aliphatic carbocycles. The number of benzene rings is 1. The van der Waals surface area contributed by atoms with Crippen LogP contribution in [0.3, 0.4) is 0 Å². The van der Waals surface area contributed by atoms with Crippen molar-refractivity contribution in [1.29, 1.82) is 0 Å². The summed E-state index contributed by atoms with van der Waals surface area (Å²) in [7, 11) is 0. The maximum atomic E-state index is 12.5. The third kappa shape index (κ3) is 3.22. The second-order valence-corrected chi connectivity index (χ2v) is 6.55. The molecule has 124 valence electrons. The fourth-order valence-electron chi connectivity index (χ4n) is 3.13. The van der Waals surface area contributed by atoms with Gasteiger partial charge in [0.25, 0.3) is 5.91 Å². The number of hydrogen-bond acceptors (Lipinski definition) is 4. The van der Waals surface area contributed by atoms with Crippen LogP contribution in [0.1, 0.15) is 60.4 Å². The highest BCUT2D eigenvalue weighted by molar-refractivity contribution is 5.94. The Balaban J connectivity index is 1.51. The summed E-state index contributed by atoms with van der Waals surface area (Å²) in [6, 6.07) is 9.30. The minimum Gasteiger partial charge on any atom is -0.342 e.